The van der Waals surface area contributed by atoms with Crippen LogP contribution in [-0.2, 0) is 6.61 Å². The number of benzene rings is 3. The van der Waals surface area contributed by atoms with Crippen LogP contribution in [0.3, 0.4) is 0 Å². The van der Waals surface area contributed by atoms with E-state index in [0.29, 0.717) is 6.61 Å². The first kappa shape index (κ1) is 16.4. The van der Waals surface area contributed by atoms with E-state index in [2.05, 4.69) is 54.6 Å². The second-order valence-corrected chi connectivity index (χ2v) is 7.18. The minimum absolute atomic E-state index is 0.543. The number of hydrogen-bond acceptors (Lipinski definition) is 3. The van der Waals surface area contributed by atoms with E-state index in [1.807, 2.05) is 36.4 Å². The Morgan fingerprint density at radius 2 is 1.35 bits per heavy atom. The van der Waals surface area contributed by atoms with Gasteiger partial charge in [0.05, 0.1) is 0 Å². The Morgan fingerprint density at radius 1 is 0.731 bits per heavy atom. The maximum Gasteiger partial charge on any atom is 0.122 e. The molecule has 0 saturated heterocycles. The molecule has 0 fully saturated rings. The van der Waals surface area contributed by atoms with Gasteiger partial charge < -0.3 is 10.5 Å². The van der Waals surface area contributed by atoms with Crippen LogP contribution < -0.4 is 10.5 Å². The Hall–Kier alpha value is -3.04. The van der Waals surface area contributed by atoms with Gasteiger partial charge >= 0.3 is 0 Å². The molecule has 26 heavy (non-hydrogen) atoms. The molecule has 1 aromatic heterocycles. The summed E-state index contributed by atoms with van der Waals surface area (Å²) in [4.78, 5) is 2.47. The number of rotatable bonds is 5. The van der Waals surface area contributed by atoms with Crippen molar-refractivity contribution in [2.24, 2.45) is 0 Å². The number of anilines is 1. The van der Waals surface area contributed by atoms with Crippen LogP contribution in [0.5, 0.6) is 5.75 Å². The molecule has 0 amide bonds. The molecule has 128 valence electrons. The zero-order valence-electron chi connectivity index (χ0n) is 14.3. The number of nitrogens with two attached hydrogens (primary N) is 1. The SMILES string of the molecule is Nc1ccc(OCc2cc(-c3ccccc3)c(-c3ccccc3)s2)cc1. The fourth-order valence-electron chi connectivity index (χ4n) is 2.87. The predicted octanol–water partition coefficient (Wildman–Crippen LogP) is 6.24. The van der Waals surface area contributed by atoms with Crippen molar-refractivity contribution < 1.29 is 4.74 Å². The first-order chi connectivity index (χ1) is 12.8. The first-order valence-corrected chi connectivity index (χ1v) is 9.33. The number of thiophene rings is 1. The van der Waals surface area contributed by atoms with Gasteiger partial charge in [-0.2, -0.15) is 0 Å². The third kappa shape index (κ3) is 3.63. The average molecular weight is 357 g/mol. The smallest absolute Gasteiger partial charge is 0.122 e. The molecule has 4 aromatic rings. The highest BCUT2D eigenvalue weighted by Gasteiger charge is 2.13. The molecule has 0 aliphatic heterocycles. The highest BCUT2D eigenvalue weighted by atomic mass is 32.1. The molecule has 0 spiro atoms. The molecule has 0 aliphatic rings. The number of nitrogen functional groups attached to an aromatic ring is 1. The highest BCUT2D eigenvalue weighted by Crippen LogP contribution is 2.39. The van der Waals surface area contributed by atoms with Crippen molar-refractivity contribution in [3.8, 4) is 27.3 Å². The van der Waals surface area contributed by atoms with E-state index in [1.165, 1.54) is 26.4 Å². The lowest BCUT2D eigenvalue weighted by Gasteiger charge is -2.04. The maximum atomic E-state index is 5.94. The van der Waals surface area contributed by atoms with E-state index in [0.717, 1.165) is 11.4 Å². The summed E-state index contributed by atoms with van der Waals surface area (Å²) in [6.45, 7) is 0.543. The molecular weight excluding hydrogens is 338 g/mol. The van der Waals surface area contributed by atoms with E-state index in [-0.39, 0.29) is 0 Å². The summed E-state index contributed by atoms with van der Waals surface area (Å²) in [5, 5.41) is 0. The lowest BCUT2D eigenvalue weighted by molar-refractivity contribution is 0.310. The minimum Gasteiger partial charge on any atom is -0.488 e. The van der Waals surface area contributed by atoms with Crippen LogP contribution in [0.25, 0.3) is 21.6 Å². The molecule has 0 bridgehead atoms. The number of ether oxygens (including phenoxy) is 1. The van der Waals surface area contributed by atoms with Crippen LogP contribution in [0.1, 0.15) is 4.88 Å². The fraction of sp³-hybridized carbons (Fsp3) is 0.0435. The monoisotopic (exact) mass is 357 g/mol. The van der Waals surface area contributed by atoms with Gasteiger partial charge in [0, 0.05) is 21.0 Å². The lowest BCUT2D eigenvalue weighted by Crippen LogP contribution is -1.93. The fourth-order valence-corrected chi connectivity index (χ4v) is 3.97. The van der Waals surface area contributed by atoms with Crippen molar-refractivity contribution in [2.75, 3.05) is 5.73 Å². The second-order valence-electron chi connectivity index (χ2n) is 6.05. The molecule has 2 N–H and O–H groups in total. The van der Waals surface area contributed by atoms with Crippen molar-refractivity contribution in [3.05, 3.63) is 95.9 Å². The zero-order chi connectivity index (χ0) is 17.8. The summed E-state index contributed by atoms with van der Waals surface area (Å²) in [7, 11) is 0. The van der Waals surface area contributed by atoms with Gasteiger partial charge in [-0.15, -0.1) is 11.3 Å². The summed E-state index contributed by atoms with van der Waals surface area (Å²) < 4.78 is 5.94. The van der Waals surface area contributed by atoms with Gasteiger partial charge in [-0.3, -0.25) is 0 Å². The Kier molecular flexibility index (Phi) is 4.71. The van der Waals surface area contributed by atoms with Crippen molar-refractivity contribution in [1.29, 1.82) is 0 Å². The topological polar surface area (TPSA) is 35.2 Å². The molecule has 1 heterocycles. The van der Waals surface area contributed by atoms with Crippen LogP contribution in [-0.4, -0.2) is 0 Å². The van der Waals surface area contributed by atoms with Crippen molar-refractivity contribution >= 4 is 17.0 Å². The van der Waals surface area contributed by atoms with Crippen molar-refractivity contribution in [1.82, 2.24) is 0 Å². The van der Waals surface area contributed by atoms with E-state index in [4.69, 9.17) is 10.5 Å². The van der Waals surface area contributed by atoms with Crippen molar-refractivity contribution in [2.45, 2.75) is 6.61 Å². The van der Waals surface area contributed by atoms with Crippen LogP contribution in [0, 0.1) is 0 Å². The predicted molar refractivity (Wildman–Crippen MR) is 110 cm³/mol. The maximum absolute atomic E-state index is 5.94. The normalized spacial score (nSPS) is 10.6. The molecule has 2 nitrogen and oxygen atoms in total. The van der Waals surface area contributed by atoms with E-state index in [1.54, 1.807) is 11.3 Å². The molecule has 0 saturated carbocycles. The molecular formula is C23H19NOS. The summed E-state index contributed by atoms with van der Waals surface area (Å²) in [6, 6.07) is 30.8. The van der Waals surface area contributed by atoms with E-state index in [9.17, 15) is 0 Å². The molecule has 3 aromatic carbocycles. The zero-order valence-corrected chi connectivity index (χ0v) is 15.1. The van der Waals surface area contributed by atoms with Crippen LogP contribution in [0.4, 0.5) is 5.69 Å². The molecule has 0 unspecified atom stereocenters. The van der Waals surface area contributed by atoms with Gasteiger partial charge in [-0.05, 0) is 41.5 Å². The van der Waals surface area contributed by atoms with Crippen molar-refractivity contribution in [3.63, 3.8) is 0 Å². The third-order valence-corrected chi connectivity index (χ3v) is 5.32. The van der Waals surface area contributed by atoms with Gasteiger partial charge in [-0.25, -0.2) is 0 Å². The van der Waals surface area contributed by atoms with Crippen LogP contribution in [0.2, 0.25) is 0 Å². The summed E-state index contributed by atoms with van der Waals surface area (Å²) in [6.07, 6.45) is 0. The van der Waals surface area contributed by atoms with Gasteiger partial charge in [0.15, 0.2) is 0 Å². The number of hydrogen-bond donors (Lipinski definition) is 1. The summed E-state index contributed by atoms with van der Waals surface area (Å²) >= 11 is 1.78. The Bertz CT molecular complexity index is 919. The second kappa shape index (κ2) is 7.46. The molecule has 0 aliphatic carbocycles. The molecule has 3 heteroatoms. The van der Waals surface area contributed by atoms with Gasteiger partial charge in [0.1, 0.15) is 12.4 Å². The third-order valence-electron chi connectivity index (χ3n) is 4.17. The molecule has 0 radical (unpaired) electrons. The van der Waals surface area contributed by atoms with Crippen LogP contribution in [0.15, 0.2) is 91.0 Å². The first-order valence-electron chi connectivity index (χ1n) is 8.51. The van der Waals surface area contributed by atoms with E-state index >= 15 is 0 Å². The average Bonchev–Trinajstić information content (AvgIpc) is 3.13. The highest BCUT2D eigenvalue weighted by molar-refractivity contribution is 7.16. The Balaban J connectivity index is 1.66. The van der Waals surface area contributed by atoms with Gasteiger partial charge in [0.25, 0.3) is 0 Å². The van der Waals surface area contributed by atoms with E-state index < -0.39 is 0 Å². The Morgan fingerprint density at radius 3 is 2.00 bits per heavy atom. The lowest BCUT2D eigenvalue weighted by atomic mass is 10.0. The minimum atomic E-state index is 0.543. The quantitative estimate of drug-likeness (QED) is 0.429. The Labute approximate surface area is 157 Å². The largest absolute Gasteiger partial charge is 0.488 e. The van der Waals surface area contributed by atoms with Crippen LogP contribution >= 0.6 is 11.3 Å². The van der Waals surface area contributed by atoms with Gasteiger partial charge in [-0.1, -0.05) is 60.7 Å². The summed E-state index contributed by atoms with van der Waals surface area (Å²) in [5.41, 5.74) is 10.2. The van der Waals surface area contributed by atoms with Gasteiger partial charge in [0.2, 0.25) is 0 Å². The molecule has 4 rings (SSSR count). The standard InChI is InChI=1S/C23H19NOS/c24-19-11-13-20(14-12-19)25-16-21-15-22(17-7-3-1-4-8-17)23(26-21)18-9-5-2-6-10-18/h1-15H,16,24H2. The molecule has 0 atom stereocenters. The summed E-state index contributed by atoms with van der Waals surface area (Å²) in [5.74, 6) is 0.829.